The Kier molecular flexibility index (Phi) is 5.98. The Bertz CT molecular complexity index is 452. The molecule has 0 aromatic carbocycles. The molecule has 1 amide bonds. The third-order valence-corrected chi connectivity index (χ3v) is 5.67. The van der Waals surface area contributed by atoms with E-state index in [1.165, 1.54) is 58.0 Å². The lowest BCUT2D eigenvalue weighted by atomic mass is 10.2. The van der Waals surface area contributed by atoms with Crippen molar-refractivity contribution in [2.45, 2.75) is 57.0 Å². The van der Waals surface area contributed by atoms with Gasteiger partial charge in [0.05, 0.1) is 0 Å². The molecule has 3 fully saturated rings. The lowest BCUT2D eigenvalue weighted by Crippen LogP contribution is -2.46. The summed E-state index contributed by atoms with van der Waals surface area (Å²) < 4.78 is 0. The zero-order valence-electron chi connectivity index (χ0n) is 15.3. The summed E-state index contributed by atoms with van der Waals surface area (Å²) in [5.74, 6) is 1.02. The summed E-state index contributed by atoms with van der Waals surface area (Å²) in [5, 5.41) is 3.65. The largest absolute Gasteiger partial charge is 0.353 e. The fraction of sp³-hybridized carbons (Fsp3) is 0.889. The Hall–Kier alpha value is -1.30. The van der Waals surface area contributed by atoms with Crippen molar-refractivity contribution in [3.63, 3.8) is 0 Å². The van der Waals surface area contributed by atoms with Gasteiger partial charge in [-0.2, -0.15) is 0 Å². The highest BCUT2D eigenvalue weighted by atomic mass is 16.2. The molecule has 1 atom stereocenters. The number of hydrogen-bond donors (Lipinski definition) is 1. The van der Waals surface area contributed by atoms with Gasteiger partial charge < -0.3 is 15.1 Å². The lowest BCUT2D eigenvalue weighted by Gasteiger charge is -2.27. The molecule has 3 aliphatic rings. The monoisotopic (exact) mass is 335 g/mol. The second-order valence-corrected chi connectivity index (χ2v) is 7.69. The number of amides is 1. The van der Waals surface area contributed by atoms with Crippen LogP contribution < -0.4 is 5.32 Å². The van der Waals surface area contributed by atoms with Crippen LogP contribution in [0.25, 0.3) is 0 Å². The van der Waals surface area contributed by atoms with Crippen molar-refractivity contribution in [3.8, 4) is 0 Å². The van der Waals surface area contributed by atoms with Gasteiger partial charge in [-0.1, -0.05) is 12.8 Å². The third kappa shape index (κ3) is 4.41. The average Bonchev–Trinajstić information content (AvgIpc) is 3.32. The molecule has 1 saturated carbocycles. The first-order chi connectivity index (χ1) is 11.6. The number of likely N-dealkylation sites (tertiary alicyclic amines) is 2. The minimum absolute atomic E-state index is 0.0658. The van der Waals surface area contributed by atoms with Gasteiger partial charge in [0, 0.05) is 39.3 Å². The molecule has 2 saturated heterocycles. The van der Waals surface area contributed by atoms with Crippen molar-refractivity contribution in [2.24, 2.45) is 4.99 Å². The van der Waals surface area contributed by atoms with Gasteiger partial charge in [-0.25, -0.2) is 4.99 Å². The number of aliphatic imine (C=N–C) groups is 1. The van der Waals surface area contributed by atoms with Crippen LogP contribution in [0.1, 0.15) is 44.9 Å². The van der Waals surface area contributed by atoms with Crippen molar-refractivity contribution in [2.75, 3.05) is 46.8 Å². The predicted molar refractivity (Wildman–Crippen MR) is 97.2 cm³/mol. The van der Waals surface area contributed by atoms with Gasteiger partial charge in [-0.05, 0) is 45.2 Å². The topological polar surface area (TPSA) is 51.2 Å². The van der Waals surface area contributed by atoms with Crippen LogP contribution in [0.5, 0.6) is 0 Å². The number of carbonyl (C=O) groups is 1. The average molecular weight is 335 g/mol. The molecule has 0 radical (unpaired) electrons. The van der Waals surface area contributed by atoms with Crippen molar-refractivity contribution in [3.05, 3.63) is 0 Å². The number of likely N-dealkylation sites (N-methyl/N-ethyl adjacent to an activating group) is 1. The standard InChI is InChI=1S/C18H33N5O/c1-21(2)17(24)13-19-18(20-15-7-3-4-8-15)23-12-9-16(14-23)22-10-5-6-11-22/h15-16H,3-14H2,1-2H3,(H,19,20). The Morgan fingerprint density at radius 3 is 2.46 bits per heavy atom. The molecule has 3 rings (SSSR count). The molecule has 6 nitrogen and oxygen atoms in total. The molecule has 24 heavy (non-hydrogen) atoms. The molecule has 0 aromatic heterocycles. The fourth-order valence-electron chi connectivity index (χ4n) is 4.11. The maximum absolute atomic E-state index is 11.9. The summed E-state index contributed by atoms with van der Waals surface area (Å²) in [7, 11) is 3.59. The number of rotatable bonds is 4. The van der Waals surface area contributed by atoms with Gasteiger partial charge in [-0.15, -0.1) is 0 Å². The predicted octanol–water partition coefficient (Wildman–Crippen LogP) is 1.13. The molecule has 0 spiro atoms. The summed E-state index contributed by atoms with van der Waals surface area (Å²) in [4.78, 5) is 23.2. The highest BCUT2D eigenvalue weighted by Crippen LogP contribution is 2.22. The van der Waals surface area contributed by atoms with Gasteiger partial charge in [0.25, 0.3) is 0 Å². The Balaban J connectivity index is 1.62. The van der Waals surface area contributed by atoms with E-state index < -0.39 is 0 Å². The van der Waals surface area contributed by atoms with E-state index in [1.54, 1.807) is 19.0 Å². The quantitative estimate of drug-likeness (QED) is 0.618. The van der Waals surface area contributed by atoms with Gasteiger partial charge >= 0.3 is 0 Å². The molecular formula is C18H33N5O. The normalized spacial score (nSPS) is 26.3. The van der Waals surface area contributed by atoms with E-state index in [0.717, 1.165) is 19.0 Å². The van der Waals surface area contributed by atoms with Gasteiger partial charge in [-0.3, -0.25) is 9.69 Å². The smallest absolute Gasteiger partial charge is 0.243 e. The summed E-state index contributed by atoms with van der Waals surface area (Å²) in [5.41, 5.74) is 0. The van der Waals surface area contributed by atoms with E-state index in [0.29, 0.717) is 12.1 Å². The highest BCUT2D eigenvalue weighted by Gasteiger charge is 2.31. The van der Waals surface area contributed by atoms with Crippen molar-refractivity contribution in [1.29, 1.82) is 0 Å². The second kappa shape index (κ2) is 8.19. The van der Waals surface area contributed by atoms with Gasteiger partial charge in [0.1, 0.15) is 6.54 Å². The SMILES string of the molecule is CN(C)C(=O)CN=C(NC1CCCC1)N1CCC(N2CCCC2)C1. The van der Waals surface area contributed by atoms with Crippen LogP contribution in [0.3, 0.4) is 0 Å². The summed E-state index contributed by atoms with van der Waals surface area (Å²) >= 11 is 0. The van der Waals surface area contributed by atoms with Crippen LogP contribution in [-0.2, 0) is 4.79 Å². The molecule has 1 unspecified atom stereocenters. The van der Waals surface area contributed by atoms with Crippen LogP contribution in [0.4, 0.5) is 0 Å². The number of nitrogens with zero attached hydrogens (tertiary/aromatic N) is 4. The van der Waals surface area contributed by atoms with Crippen LogP contribution in [-0.4, -0.2) is 85.5 Å². The third-order valence-electron chi connectivity index (χ3n) is 5.67. The number of nitrogens with one attached hydrogen (secondary N) is 1. The summed E-state index contributed by atoms with van der Waals surface area (Å²) in [6.07, 6.45) is 8.96. The summed E-state index contributed by atoms with van der Waals surface area (Å²) in [6.45, 7) is 4.85. The van der Waals surface area contributed by atoms with Gasteiger partial charge in [0.2, 0.25) is 5.91 Å². The van der Waals surface area contributed by atoms with Crippen molar-refractivity contribution < 1.29 is 4.79 Å². The van der Waals surface area contributed by atoms with E-state index in [1.807, 2.05) is 0 Å². The maximum atomic E-state index is 11.9. The Morgan fingerprint density at radius 2 is 1.79 bits per heavy atom. The molecule has 2 heterocycles. The molecular weight excluding hydrogens is 302 g/mol. The summed E-state index contributed by atoms with van der Waals surface area (Å²) in [6, 6.07) is 1.19. The molecule has 136 valence electrons. The van der Waals surface area contributed by atoms with E-state index in [9.17, 15) is 4.79 Å². The molecule has 1 N–H and O–H groups in total. The first kappa shape index (κ1) is 17.5. The fourth-order valence-corrected chi connectivity index (χ4v) is 4.11. The van der Waals surface area contributed by atoms with E-state index in [-0.39, 0.29) is 12.5 Å². The maximum Gasteiger partial charge on any atom is 0.243 e. The lowest BCUT2D eigenvalue weighted by molar-refractivity contribution is -0.127. The highest BCUT2D eigenvalue weighted by molar-refractivity contribution is 5.85. The van der Waals surface area contributed by atoms with Crippen LogP contribution in [0, 0.1) is 0 Å². The molecule has 0 bridgehead atoms. The molecule has 6 heteroatoms. The zero-order chi connectivity index (χ0) is 16.9. The number of hydrogen-bond acceptors (Lipinski definition) is 3. The van der Waals surface area contributed by atoms with Crippen LogP contribution in [0.2, 0.25) is 0 Å². The Morgan fingerprint density at radius 1 is 1.08 bits per heavy atom. The van der Waals surface area contributed by atoms with E-state index in [4.69, 9.17) is 0 Å². The van der Waals surface area contributed by atoms with Gasteiger partial charge in [0.15, 0.2) is 5.96 Å². The first-order valence-corrected chi connectivity index (χ1v) is 9.63. The van der Waals surface area contributed by atoms with Crippen LogP contribution >= 0.6 is 0 Å². The number of carbonyl (C=O) groups excluding carboxylic acids is 1. The van der Waals surface area contributed by atoms with Crippen LogP contribution in [0.15, 0.2) is 4.99 Å². The zero-order valence-corrected chi connectivity index (χ0v) is 15.3. The minimum Gasteiger partial charge on any atom is -0.353 e. The van der Waals surface area contributed by atoms with E-state index in [2.05, 4.69) is 20.1 Å². The number of guanidine groups is 1. The Labute approximate surface area is 146 Å². The van der Waals surface area contributed by atoms with E-state index >= 15 is 0 Å². The molecule has 1 aliphatic carbocycles. The minimum atomic E-state index is 0.0658. The first-order valence-electron chi connectivity index (χ1n) is 9.63. The second-order valence-electron chi connectivity index (χ2n) is 7.69. The molecule has 0 aromatic rings. The molecule has 2 aliphatic heterocycles. The van der Waals surface area contributed by atoms with Crippen molar-refractivity contribution >= 4 is 11.9 Å². The van der Waals surface area contributed by atoms with Crippen molar-refractivity contribution in [1.82, 2.24) is 20.0 Å².